The first kappa shape index (κ1) is 18.1. The molecule has 0 spiro atoms. The Morgan fingerprint density at radius 3 is 1.50 bits per heavy atom. The van der Waals surface area contributed by atoms with E-state index >= 15 is 0 Å². The van der Waals surface area contributed by atoms with Gasteiger partial charge in [-0.25, -0.2) is 0 Å². The summed E-state index contributed by atoms with van der Waals surface area (Å²) in [6.45, 7) is 16.2. The third kappa shape index (κ3) is 4.31. The van der Waals surface area contributed by atoms with Gasteiger partial charge < -0.3 is 13.3 Å². The van der Waals surface area contributed by atoms with Crippen LogP contribution >= 0.6 is 0 Å². The van der Waals surface area contributed by atoms with Crippen LogP contribution in [0.5, 0.6) is 0 Å². The van der Waals surface area contributed by atoms with Gasteiger partial charge in [0.05, 0.1) is 5.67 Å². The first-order chi connectivity index (χ1) is 8.36. The van der Waals surface area contributed by atoms with Gasteiger partial charge in [-0.15, -0.1) is 0 Å². The maximum atomic E-state index is 5.92. The normalized spacial score (nSPS) is 14.8. The number of hydrogen-bond acceptors (Lipinski definition) is 4. The highest BCUT2D eigenvalue weighted by atomic mass is 28.4. The van der Waals surface area contributed by atoms with Crippen molar-refractivity contribution in [2.24, 2.45) is 0 Å². The number of nitrogens with zero attached hydrogens (tertiary/aromatic N) is 1. The molecule has 0 aromatic rings. The quantitative estimate of drug-likeness (QED) is 0.606. The predicted molar refractivity (Wildman–Crippen MR) is 77.6 cm³/mol. The highest BCUT2D eigenvalue weighted by Crippen LogP contribution is 2.23. The van der Waals surface area contributed by atoms with E-state index in [1.54, 1.807) is 7.11 Å². The Bertz CT molecular complexity index is 210. The van der Waals surface area contributed by atoms with Crippen LogP contribution in [0.2, 0.25) is 0 Å². The van der Waals surface area contributed by atoms with E-state index in [1.165, 1.54) is 0 Å². The van der Waals surface area contributed by atoms with Crippen LogP contribution in [0.25, 0.3) is 0 Å². The molecule has 0 saturated carbocycles. The Morgan fingerprint density at radius 1 is 0.889 bits per heavy atom. The maximum absolute atomic E-state index is 5.92. The molecule has 4 nitrogen and oxygen atoms in total. The lowest BCUT2D eigenvalue weighted by Gasteiger charge is -2.43. The van der Waals surface area contributed by atoms with Gasteiger partial charge in [-0.1, -0.05) is 0 Å². The monoisotopic (exact) mass is 277 g/mol. The first-order valence-electron chi connectivity index (χ1n) is 6.96. The molecule has 0 aliphatic heterocycles. The molecule has 110 valence electrons. The van der Waals surface area contributed by atoms with E-state index in [4.69, 9.17) is 13.3 Å². The third-order valence-corrected chi connectivity index (χ3v) is 6.40. The largest absolute Gasteiger partial charge is 0.518 e. The van der Waals surface area contributed by atoms with Gasteiger partial charge in [0.1, 0.15) is 0 Å². The molecule has 0 rings (SSSR count). The summed E-state index contributed by atoms with van der Waals surface area (Å²) in [6, 6.07) is 0.867. The minimum absolute atomic E-state index is 0.155. The zero-order chi connectivity index (χ0) is 14.3. The molecule has 0 heterocycles. The highest BCUT2D eigenvalue weighted by molar-refractivity contribution is 6.62. The van der Waals surface area contributed by atoms with Crippen molar-refractivity contribution in [1.29, 1.82) is 0 Å². The highest BCUT2D eigenvalue weighted by Gasteiger charge is 2.50. The van der Waals surface area contributed by atoms with Gasteiger partial charge in [-0.2, -0.15) is 0 Å². The molecule has 0 amide bonds. The van der Waals surface area contributed by atoms with Crippen LogP contribution < -0.4 is 0 Å². The van der Waals surface area contributed by atoms with Crippen molar-refractivity contribution in [3.63, 3.8) is 0 Å². The fourth-order valence-corrected chi connectivity index (χ4v) is 5.56. The van der Waals surface area contributed by atoms with E-state index < -0.39 is 8.80 Å². The smallest absolute Gasteiger partial charge is 0.376 e. The van der Waals surface area contributed by atoms with E-state index in [0.29, 0.717) is 25.3 Å². The molecule has 0 radical (unpaired) electrons. The van der Waals surface area contributed by atoms with Crippen molar-refractivity contribution in [2.75, 3.05) is 20.3 Å². The van der Waals surface area contributed by atoms with Crippen molar-refractivity contribution >= 4 is 8.80 Å². The Morgan fingerprint density at radius 2 is 1.28 bits per heavy atom. The van der Waals surface area contributed by atoms with Gasteiger partial charge in [-0.3, -0.25) is 4.90 Å². The van der Waals surface area contributed by atoms with Gasteiger partial charge in [-0.05, 0) is 48.5 Å². The van der Waals surface area contributed by atoms with Gasteiger partial charge in [0.25, 0.3) is 0 Å². The van der Waals surface area contributed by atoms with Crippen molar-refractivity contribution in [2.45, 2.75) is 66.2 Å². The first-order valence-corrected chi connectivity index (χ1v) is 8.76. The molecule has 0 aromatic heterocycles. The summed E-state index contributed by atoms with van der Waals surface area (Å²) in [5.74, 6) is 0. The SMILES string of the molecule is CCO[Si](OC)(OCC)C(C)N(C(C)C)C(C)C. The van der Waals surface area contributed by atoms with Crippen LogP contribution in [0, 0.1) is 0 Å². The molecule has 0 fully saturated rings. The topological polar surface area (TPSA) is 30.9 Å². The summed E-state index contributed by atoms with van der Waals surface area (Å²) in [7, 11) is -0.934. The number of hydrogen-bond donors (Lipinski definition) is 0. The second-order valence-electron chi connectivity index (χ2n) is 4.98. The fraction of sp³-hybridized carbons (Fsp3) is 1.00. The minimum Gasteiger partial charge on any atom is -0.376 e. The van der Waals surface area contributed by atoms with Gasteiger partial charge in [0, 0.05) is 32.4 Å². The van der Waals surface area contributed by atoms with E-state index in [1.807, 2.05) is 13.8 Å². The standard InChI is InChI=1S/C13H31NO3Si/c1-9-16-18(15-8,17-10-2)13(7)14(11(3)4)12(5)6/h11-13H,9-10H2,1-8H3. The zero-order valence-corrected chi connectivity index (χ0v) is 14.3. The van der Waals surface area contributed by atoms with Crippen LogP contribution in [0.3, 0.4) is 0 Å². The van der Waals surface area contributed by atoms with E-state index in [9.17, 15) is 0 Å². The maximum Gasteiger partial charge on any atom is 0.518 e. The number of rotatable bonds is 9. The summed E-state index contributed by atoms with van der Waals surface area (Å²) >= 11 is 0. The Hall–Kier alpha value is 0.0569. The molecule has 0 saturated heterocycles. The average Bonchev–Trinajstić information content (AvgIpc) is 2.27. The second-order valence-corrected chi connectivity index (χ2v) is 8.01. The molecule has 5 heteroatoms. The van der Waals surface area contributed by atoms with Crippen LogP contribution in [-0.4, -0.2) is 51.8 Å². The summed E-state index contributed by atoms with van der Waals surface area (Å²) < 4.78 is 17.5. The Kier molecular flexibility index (Phi) is 8.30. The van der Waals surface area contributed by atoms with Gasteiger partial charge in [0.2, 0.25) is 0 Å². The summed E-state index contributed by atoms with van der Waals surface area (Å²) in [5, 5.41) is 0. The fourth-order valence-electron chi connectivity index (χ4n) is 2.65. The van der Waals surface area contributed by atoms with E-state index in [-0.39, 0.29) is 5.67 Å². The molecule has 1 unspecified atom stereocenters. The zero-order valence-electron chi connectivity index (χ0n) is 13.3. The van der Waals surface area contributed by atoms with E-state index in [2.05, 4.69) is 39.5 Å². The molecule has 0 aliphatic carbocycles. The van der Waals surface area contributed by atoms with Gasteiger partial charge >= 0.3 is 8.80 Å². The minimum atomic E-state index is -2.64. The van der Waals surface area contributed by atoms with Crippen LogP contribution in [-0.2, 0) is 13.3 Å². The van der Waals surface area contributed by atoms with E-state index in [0.717, 1.165) is 0 Å². The molecule has 0 aliphatic rings. The third-order valence-electron chi connectivity index (χ3n) is 3.13. The van der Waals surface area contributed by atoms with Crippen LogP contribution in [0.4, 0.5) is 0 Å². The lowest BCUT2D eigenvalue weighted by Crippen LogP contribution is -2.63. The predicted octanol–water partition coefficient (Wildman–Crippen LogP) is 2.69. The second kappa shape index (κ2) is 8.27. The van der Waals surface area contributed by atoms with Crippen molar-refractivity contribution in [3.8, 4) is 0 Å². The Labute approximate surface area is 114 Å². The molecule has 18 heavy (non-hydrogen) atoms. The molecular formula is C13H31NO3Si. The average molecular weight is 277 g/mol. The van der Waals surface area contributed by atoms with Gasteiger partial charge in [0.15, 0.2) is 0 Å². The molecular weight excluding hydrogens is 246 g/mol. The lowest BCUT2D eigenvalue weighted by molar-refractivity contribution is 0.0332. The summed E-state index contributed by atoms with van der Waals surface area (Å²) in [4.78, 5) is 2.40. The molecule has 0 N–H and O–H groups in total. The summed E-state index contributed by atoms with van der Waals surface area (Å²) in [5.41, 5.74) is 0.155. The Balaban J connectivity index is 5.18. The molecule has 0 aromatic carbocycles. The van der Waals surface area contributed by atoms with Crippen molar-refractivity contribution in [1.82, 2.24) is 4.90 Å². The van der Waals surface area contributed by atoms with Crippen LogP contribution in [0.15, 0.2) is 0 Å². The van der Waals surface area contributed by atoms with Crippen molar-refractivity contribution in [3.05, 3.63) is 0 Å². The lowest BCUT2D eigenvalue weighted by atomic mass is 10.2. The van der Waals surface area contributed by atoms with Crippen molar-refractivity contribution < 1.29 is 13.3 Å². The molecule has 1 atom stereocenters. The van der Waals surface area contributed by atoms with Crippen LogP contribution in [0.1, 0.15) is 48.5 Å². The summed E-state index contributed by atoms with van der Waals surface area (Å²) in [6.07, 6.45) is 0. The molecule has 0 bridgehead atoms.